The molecule has 14 heavy (non-hydrogen) atoms. The van der Waals surface area contributed by atoms with Crippen LogP contribution in [0.15, 0.2) is 0 Å². The Morgan fingerprint density at radius 1 is 1.43 bits per heavy atom. The second-order valence-electron chi connectivity index (χ2n) is 4.46. The smallest absolute Gasteiger partial charge is 0.233 e. The summed E-state index contributed by atoms with van der Waals surface area (Å²) in [7, 11) is 1.69. The first-order valence-electron chi connectivity index (χ1n) is 5.42. The average Bonchev–Trinajstić information content (AvgIpc) is 2.41. The number of nitrogens with one attached hydrogen (secondary N) is 1. The van der Waals surface area contributed by atoms with Crippen molar-refractivity contribution >= 4 is 5.91 Å². The van der Waals surface area contributed by atoms with Crippen LogP contribution in [0.25, 0.3) is 0 Å². The van der Waals surface area contributed by atoms with Gasteiger partial charge in [0, 0.05) is 25.2 Å². The summed E-state index contributed by atoms with van der Waals surface area (Å²) in [6.07, 6.45) is 4.56. The Labute approximate surface area is 84.8 Å². The molecule has 1 amide bonds. The van der Waals surface area contributed by atoms with E-state index in [2.05, 4.69) is 10.2 Å². The summed E-state index contributed by atoms with van der Waals surface area (Å²) in [6.45, 7) is 0.554. The highest BCUT2D eigenvalue weighted by Crippen LogP contribution is 2.34. The predicted molar refractivity (Wildman–Crippen MR) is 54.8 cm³/mol. The molecule has 0 aromatic rings. The maximum absolute atomic E-state index is 11.3. The molecule has 3 N–H and O–H groups in total. The molecular weight excluding hydrogens is 178 g/mol. The van der Waals surface area contributed by atoms with Crippen LogP contribution in [0.1, 0.15) is 25.7 Å². The van der Waals surface area contributed by atoms with Crippen LogP contribution in [0, 0.1) is 0 Å². The van der Waals surface area contributed by atoms with Gasteiger partial charge in [-0.3, -0.25) is 9.69 Å². The summed E-state index contributed by atoms with van der Waals surface area (Å²) in [5.41, 5.74) is 5.95. The van der Waals surface area contributed by atoms with Crippen LogP contribution in [0.4, 0.5) is 0 Å². The second kappa shape index (κ2) is 3.87. The van der Waals surface area contributed by atoms with Crippen molar-refractivity contribution in [2.75, 3.05) is 13.6 Å². The van der Waals surface area contributed by atoms with E-state index >= 15 is 0 Å². The Bertz CT molecular complexity index is 217. The van der Waals surface area contributed by atoms with Gasteiger partial charge in [-0.2, -0.15) is 0 Å². The molecular formula is C10H19N3O. The van der Waals surface area contributed by atoms with Gasteiger partial charge in [-0.25, -0.2) is 0 Å². The summed E-state index contributed by atoms with van der Waals surface area (Å²) in [5.74, 6) is 0.123. The van der Waals surface area contributed by atoms with E-state index in [1.807, 2.05) is 0 Å². The Morgan fingerprint density at radius 3 is 2.50 bits per heavy atom. The van der Waals surface area contributed by atoms with Gasteiger partial charge in [0.1, 0.15) is 0 Å². The molecule has 0 aromatic carbocycles. The zero-order valence-electron chi connectivity index (χ0n) is 8.70. The fraction of sp³-hybridized carbons (Fsp3) is 0.900. The molecule has 2 fully saturated rings. The molecule has 0 spiro atoms. The number of piperidine rings is 1. The maximum atomic E-state index is 11.3. The molecule has 0 radical (unpaired) electrons. The number of amides is 1. The van der Waals surface area contributed by atoms with Crippen molar-refractivity contribution in [2.45, 2.75) is 43.8 Å². The van der Waals surface area contributed by atoms with Gasteiger partial charge in [-0.1, -0.05) is 0 Å². The number of hydrogen-bond acceptors (Lipinski definition) is 3. The van der Waals surface area contributed by atoms with E-state index < -0.39 is 0 Å². The van der Waals surface area contributed by atoms with Gasteiger partial charge in [0.05, 0.1) is 6.54 Å². The highest BCUT2D eigenvalue weighted by atomic mass is 16.1. The second-order valence-corrected chi connectivity index (χ2v) is 4.46. The summed E-state index contributed by atoms with van der Waals surface area (Å²) >= 11 is 0. The topological polar surface area (TPSA) is 58.4 Å². The zero-order chi connectivity index (χ0) is 10.1. The minimum atomic E-state index is 0.123. The van der Waals surface area contributed by atoms with Gasteiger partial charge in [-0.05, 0) is 25.7 Å². The molecule has 4 heteroatoms. The molecule has 2 aliphatic heterocycles. The van der Waals surface area contributed by atoms with E-state index in [4.69, 9.17) is 5.73 Å². The van der Waals surface area contributed by atoms with E-state index in [-0.39, 0.29) is 5.91 Å². The lowest BCUT2D eigenvalue weighted by atomic mass is 9.98. The van der Waals surface area contributed by atoms with Gasteiger partial charge in [0.15, 0.2) is 0 Å². The lowest BCUT2D eigenvalue weighted by Crippen LogP contribution is -2.50. The molecule has 0 saturated carbocycles. The minimum absolute atomic E-state index is 0.123. The SMILES string of the molecule is CNC(=O)CN1[C@@H]2CC[C@H]1CC(N)C2. The maximum Gasteiger partial charge on any atom is 0.233 e. The largest absolute Gasteiger partial charge is 0.358 e. The molecule has 80 valence electrons. The van der Waals surface area contributed by atoms with Crippen LogP contribution in [-0.2, 0) is 4.79 Å². The Hall–Kier alpha value is -0.610. The number of hydrogen-bond donors (Lipinski definition) is 2. The fourth-order valence-electron chi connectivity index (χ4n) is 2.82. The quantitative estimate of drug-likeness (QED) is 0.638. The lowest BCUT2D eigenvalue weighted by molar-refractivity contribution is -0.122. The Morgan fingerprint density at radius 2 is 2.00 bits per heavy atom. The first kappa shape index (κ1) is 9.93. The Balaban J connectivity index is 1.97. The van der Waals surface area contributed by atoms with E-state index in [0.29, 0.717) is 24.7 Å². The number of nitrogens with zero attached hydrogens (tertiary/aromatic N) is 1. The van der Waals surface area contributed by atoms with Crippen molar-refractivity contribution in [1.82, 2.24) is 10.2 Å². The van der Waals surface area contributed by atoms with Crippen molar-refractivity contribution in [3.8, 4) is 0 Å². The highest BCUT2D eigenvalue weighted by molar-refractivity contribution is 5.77. The van der Waals surface area contributed by atoms with Crippen LogP contribution >= 0.6 is 0 Å². The highest BCUT2D eigenvalue weighted by Gasteiger charge is 2.39. The lowest BCUT2D eigenvalue weighted by Gasteiger charge is -2.36. The van der Waals surface area contributed by atoms with Crippen LogP contribution in [0.5, 0.6) is 0 Å². The molecule has 1 unspecified atom stereocenters. The molecule has 0 aliphatic carbocycles. The first-order chi connectivity index (χ1) is 6.70. The number of fused-ring (bicyclic) bond motifs is 2. The van der Waals surface area contributed by atoms with Gasteiger partial charge < -0.3 is 11.1 Å². The molecule has 0 aromatic heterocycles. The molecule has 3 atom stereocenters. The molecule has 2 rings (SSSR count). The minimum Gasteiger partial charge on any atom is -0.358 e. The van der Waals surface area contributed by atoms with E-state index in [1.54, 1.807) is 7.05 Å². The predicted octanol–water partition coefficient (Wildman–Crippen LogP) is -0.313. The van der Waals surface area contributed by atoms with Crippen molar-refractivity contribution < 1.29 is 4.79 Å². The normalized spacial score (nSPS) is 37.1. The van der Waals surface area contributed by atoms with Crippen LogP contribution in [0.2, 0.25) is 0 Å². The standard InChI is InChI=1S/C10H19N3O/c1-12-10(14)6-13-8-2-3-9(13)5-7(11)4-8/h7-9H,2-6,11H2,1H3,(H,12,14)/t7?,8-,9+. The number of carbonyl (C=O) groups is 1. The van der Waals surface area contributed by atoms with Crippen LogP contribution in [0.3, 0.4) is 0 Å². The van der Waals surface area contributed by atoms with Gasteiger partial charge in [-0.15, -0.1) is 0 Å². The van der Waals surface area contributed by atoms with E-state index in [1.165, 1.54) is 12.8 Å². The average molecular weight is 197 g/mol. The molecule has 2 bridgehead atoms. The zero-order valence-corrected chi connectivity index (χ0v) is 8.70. The summed E-state index contributed by atoms with van der Waals surface area (Å²) < 4.78 is 0. The summed E-state index contributed by atoms with van der Waals surface area (Å²) in [6, 6.07) is 1.47. The summed E-state index contributed by atoms with van der Waals surface area (Å²) in [5, 5.41) is 2.68. The van der Waals surface area contributed by atoms with Crippen molar-refractivity contribution in [1.29, 1.82) is 0 Å². The van der Waals surface area contributed by atoms with Crippen molar-refractivity contribution in [3.63, 3.8) is 0 Å². The monoisotopic (exact) mass is 197 g/mol. The van der Waals surface area contributed by atoms with Gasteiger partial charge in [0.2, 0.25) is 5.91 Å². The third-order valence-electron chi connectivity index (χ3n) is 3.53. The van der Waals surface area contributed by atoms with Crippen molar-refractivity contribution in [3.05, 3.63) is 0 Å². The Kier molecular flexibility index (Phi) is 2.74. The molecule has 2 saturated heterocycles. The van der Waals surface area contributed by atoms with Crippen molar-refractivity contribution in [2.24, 2.45) is 5.73 Å². The van der Waals surface area contributed by atoms with E-state index in [9.17, 15) is 4.79 Å². The number of likely N-dealkylation sites (N-methyl/N-ethyl adjacent to an activating group) is 1. The van der Waals surface area contributed by atoms with Crippen LogP contribution < -0.4 is 11.1 Å². The van der Waals surface area contributed by atoms with Gasteiger partial charge >= 0.3 is 0 Å². The van der Waals surface area contributed by atoms with Gasteiger partial charge in [0.25, 0.3) is 0 Å². The number of carbonyl (C=O) groups excluding carboxylic acids is 1. The number of rotatable bonds is 2. The first-order valence-corrected chi connectivity index (χ1v) is 5.42. The summed E-state index contributed by atoms with van der Waals surface area (Å²) in [4.78, 5) is 13.6. The third-order valence-corrected chi connectivity index (χ3v) is 3.53. The fourth-order valence-corrected chi connectivity index (χ4v) is 2.82. The molecule has 2 aliphatic rings. The van der Waals surface area contributed by atoms with Crippen LogP contribution in [-0.4, -0.2) is 42.5 Å². The molecule has 4 nitrogen and oxygen atoms in total. The number of nitrogens with two attached hydrogens (primary N) is 1. The third kappa shape index (κ3) is 1.77. The van der Waals surface area contributed by atoms with E-state index in [0.717, 1.165) is 12.8 Å². The molecule has 2 heterocycles.